The molecule has 0 aromatic heterocycles. The summed E-state index contributed by atoms with van der Waals surface area (Å²) < 4.78 is 0. The van der Waals surface area contributed by atoms with Crippen molar-refractivity contribution in [2.45, 2.75) is 83.1 Å². The molecule has 1 aliphatic rings. The second-order valence-electron chi connectivity index (χ2n) is 7.68. The predicted molar refractivity (Wildman–Crippen MR) is 107 cm³/mol. The lowest BCUT2D eigenvalue weighted by Crippen LogP contribution is -2.50. The van der Waals surface area contributed by atoms with E-state index in [4.69, 9.17) is 5.73 Å². The summed E-state index contributed by atoms with van der Waals surface area (Å²) in [5.41, 5.74) is 5.54. The van der Waals surface area contributed by atoms with Crippen LogP contribution in [0.5, 0.6) is 0 Å². The van der Waals surface area contributed by atoms with E-state index in [1.165, 1.54) is 19.3 Å². The highest BCUT2D eigenvalue weighted by molar-refractivity contribution is 5.88. The zero-order chi connectivity index (χ0) is 20.6. The minimum absolute atomic E-state index is 0.0630. The number of rotatable bonds is 7. The van der Waals surface area contributed by atoms with Crippen LogP contribution in [-0.2, 0) is 14.4 Å². The van der Waals surface area contributed by atoms with E-state index >= 15 is 0 Å². The maximum absolute atomic E-state index is 12.8. The molecule has 8 nitrogen and oxygen atoms in total. The molecule has 0 spiro atoms. The van der Waals surface area contributed by atoms with Gasteiger partial charge in [0.1, 0.15) is 6.04 Å². The van der Waals surface area contributed by atoms with Crippen LogP contribution in [0, 0.1) is 5.92 Å². The van der Waals surface area contributed by atoms with Crippen LogP contribution in [0.1, 0.15) is 77.0 Å². The summed E-state index contributed by atoms with van der Waals surface area (Å²) in [5.74, 6) is -0.999. The first kappa shape index (κ1) is 24.4. The highest BCUT2D eigenvalue weighted by atomic mass is 16.5. The lowest BCUT2D eigenvalue weighted by atomic mass is 9.97. The quantitative estimate of drug-likeness (QED) is 0.225. The second-order valence-corrected chi connectivity index (χ2v) is 7.68. The Hall–Kier alpha value is -1.67. The molecule has 8 heteroatoms. The third-order valence-corrected chi connectivity index (χ3v) is 5.26. The molecular formula is C20H38N4O4. The van der Waals surface area contributed by atoms with E-state index in [2.05, 4.69) is 10.6 Å². The molecule has 0 bridgehead atoms. The molecule has 1 aliphatic heterocycles. The average molecular weight is 399 g/mol. The molecule has 0 aromatic rings. The monoisotopic (exact) mass is 398 g/mol. The van der Waals surface area contributed by atoms with Crippen molar-refractivity contribution in [3.63, 3.8) is 0 Å². The lowest BCUT2D eigenvalue weighted by molar-refractivity contribution is -0.155. The molecule has 1 rings (SSSR count). The van der Waals surface area contributed by atoms with Gasteiger partial charge in [-0.3, -0.25) is 19.6 Å². The van der Waals surface area contributed by atoms with Crippen LogP contribution >= 0.6 is 0 Å². The number of hydrogen-bond donors (Lipinski definition) is 4. The van der Waals surface area contributed by atoms with Gasteiger partial charge in [0.2, 0.25) is 18.2 Å². The Balaban J connectivity index is 2.78. The third kappa shape index (κ3) is 10.6. The molecule has 0 radical (unpaired) electrons. The van der Waals surface area contributed by atoms with Gasteiger partial charge in [0, 0.05) is 6.54 Å². The molecule has 2 atom stereocenters. The maximum Gasteiger partial charge on any atom is 0.242 e. The lowest BCUT2D eigenvalue weighted by Gasteiger charge is -2.24. The number of carbonyl (C=O) groups excluding carboxylic acids is 3. The summed E-state index contributed by atoms with van der Waals surface area (Å²) in [5, 5.41) is 15.8. The number of amides is 3. The van der Waals surface area contributed by atoms with Crippen LogP contribution in [0.4, 0.5) is 0 Å². The fourth-order valence-corrected chi connectivity index (χ4v) is 3.54. The van der Waals surface area contributed by atoms with Crippen LogP contribution in [0.25, 0.3) is 0 Å². The van der Waals surface area contributed by atoms with Gasteiger partial charge in [-0.2, -0.15) is 0 Å². The zero-order valence-corrected chi connectivity index (χ0v) is 17.0. The third-order valence-electron chi connectivity index (χ3n) is 5.26. The normalized spacial score (nSPS) is 23.5. The Bertz CT molecular complexity index is 461. The van der Waals surface area contributed by atoms with Crippen LogP contribution in [0.15, 0.2) is 0 Å². The highest BCUT2D eigenvalue weighted by Crippen LogP contribution is 2.15. The Labute approximate surface area is 168 Å². The van der Waals surface area contributed by atoms with Gasteiger partial charge in [-0.1, -0.05) is 44.9 Å². The van der Waals surface area contributed by atoms with Crippen LogP contribution in [0.3, 0.4) is 0 Å². The Morgan fingerprint density at radius 3 is 2.29 bits per heavy atom. The van der Waals surface area contributed by atoms with Crippen LogP contribution in [-0.4, -0.2) is 54.2 Å². The van der Waals surface area contributed by atoms with Crippen LogP contribution < -0.4 is 16.4 Å². The van der Waals surface area contributed by atoms with Crippen LogP contribution in [0.2, 0.25) is 0 Å². The summed E-state index contributed by atoms with van der Waals surface area (Å²) >= 11 is 0. The summed E-state index contributed by atoms with van der Waals surface area (Å²) in [7, 11) is 0. The molecule has 0 aromatic carbocycles. The van der Waals surface area contributed by atoms with E-state index in [0.717, 1.165) is 44.9 Å². The summed E-state index contributed by atoms with van der Waals surface area (Å²) in [6.07, 6.45) is 11.5. The van der Waals surface area contributed by atoms with Crippen molar-refractivity contribution in [3.05, 3.63) is 0 Å². The van der Waals surface area contributed by atoms with E-state index in [9.17, 15) is 19.6 Å². The SMILES string of the molecule is NCCCC[C@@H]1NC(=O)[C@@H](CN(O)C=O)CCCCCCCCCCNC1=O. The summed E-state index contributed by atoms with van der Waals surface area (Å²) in [4.78, 5) is 36.1. The van der Waals surface area contributed by atoms with Gasteiger partial charge in [-0.25, -0.2) is 5.06 Å². The molecule has 28 heavy (non-hydrogen) atoms. The Morgan fingerprint density at radius 1 is 1.00 bits per heavy atom. The second kappa shape index (κ2) is 15.3. The first-order chi connectivity index (χ1) is 13.6. The van der Waals surface area contributed by atoms with Gasteiger partial charge in [-0.05, 0) is 38.6 Å². The molecule has 0 saturated carbocycles. The minimum atomic E-state index is -0.613. The van der Waals surface area contributed by atoms with Gasteiger partial charge in [0.15, 0.2) is 0 Å². The van der Waals surface area contributed by atoms with Crippen molar-refractivity contribution in [2.75, 3.05) is 19.6 Å². The smallest absolute Gasteiger partial charge is 0.242 e. The number of nitrogens with one attached hydrogen (secondary N) is 2. The predicted octanol–water partition coefficient (Wildman–Crippen LogP) is 1.70. The largest absolute Gasteiger partial charge is 0.354 e. The molecule has 1 saturated heterocycles. The van der Waals surface area contributed by atoms with E-state index in [1.54, 1.807) is 0 Å². The Kier molecular flexibility index (Phi) is 13.3. The molecule has 162 valence electrons. The fourth-order valence-electron chi connectivity index (χ4n) is 3.54. The van der Waals surface area contributed by atoms with Crippen molar-refractivity contribution < 1.29 is 19.6 Å². The van der Waals surface area contributed by atoms with E-state index < -0.39 is 12.0 Å². The Morgan fingerprint density at radius 2 is 1.64 bits per heavy atom. The molecule has 1 fully saturated rings. The van der Waals surface area contributed by atoms with Crippen molar-refractivity contribution in [1.82, 2.24) is 15.7 Å². The summed E-state index contributed by atoms with van der Waals surface area (Å²) in [6.45, 7) is 1.09. The number of hydroxylamine groups is 2. The van der Waals surface area contributed by atoms with Gasteiger partial charge in [-0.15, -0.1) is 0 Å². The standard InChI is InChI=1S/C20H38N4O4/c21-13-9-8-12-18-20(27)22-14-10-6-4-2-1-3-5-7-11-17(19(26)23-18)15-24(28)16-25/h16-18,28H,1-15,21H2,(H,22,27)(H,23,26)/t17-,18+/m1/s1. The zero-order valence-electron chi connectivity index (χ0n) is 17.0. The van der Waals surface area contributed by atoms with Crippen molar-refractivity contribution in [1.29, 1.82) is 0 Å². The highest BCUT2D eigenvalue weighted by Gasteiger charge is 2.26. The van der Waals surface area contributed by atoms with Crippen molar-refractivity contribution in [3.8, 4) is 0 Å². The van der Waals surface area contributed by atoms with Gasteiger partial charge >= 0.3 is 0 Å². The number of unbranched alkanes of at least 4 members (excludes halogenated alkanes) is 1. The van der Waals surface area contributed by atoms with Gasteiger partial charge in [0.25, 0.3) is 0 Å². The van der Waals surface area contributed by atoms with E-state index in [-0.39, 0.29) is 18.4 Å². The summed E-state index contributed by atoms with van der Waals surface area (Å²) in [6, 6.07) is -0.613. The number of nitrogens with zero attached hydrogens (tertiary/aromatic N) is 1. The fraction of sp³-hybridized carbons (Fsp3) is 0.850. The molecule has 3 amide bonds. The maximum atomic E-state index is 12.8. The van der Waals surface area contributed by atoms with Gasteiger partial charge in [0.05, 0.1) is 12.5 Å². The molecular weight excluding hydrogens is 360 g/mol. The average Bonchev–Trinajstić information content (AvgIpc) is 2.69. The van der Waals surface area contributed by atoms with E-state index in [1.807, 2.05) is 0 Å². The van der Waals surface area contributed by atoms with Crippen molar-refractivity contribution >= 4 is 18.2 Å². The van der Waals surface area contributed by atoms with Crippen molar-refractivity contribution in [2.24, 2.45) is 11.7 Å². The first-order valence-electron chi connectivity index (χ1n) is 10.8. The number of hydrogen-bond acceptors (Lipinski definition) is 5. The topological polar surface area (TPSA) is 125 Å². The minimum Gasteiger partial charge on any atom is -0.354 e. The van der Waals surface area contributed by atoms with E-state index in [0.29, 0.717) is 37.4 Å². The molecule has 0 unspecified atom stereocenters. The molecule has 0 aliphatic carbocycles. The number of nitrogens with two attached hydrogens (primary N) is 1. The molecule has 5 N–H and O–H groups in total. The first-order valence-corrected chi connectivity index (χ1v) is 10.8. The number of carbonyl (C=O) groups is 3. The molecule has 1 heterocycles. The van der Waals surface area contributed by atoms with Gasteiger partial charge < -0.3 is 16.4 Å².